The average molecular weight is 284 g/mol. The van der Waals surface area contributed by atoms with Crippen molar-refractivity contribution in [2.24, 2.45) is 0 Å². The summed E-state index contributed by atoms with van der Waals surface area (Å²) in [7, 11) is 0. The summed E-state index contributed by atoms with van der Waals surface area (Å²) in [4.78, 5) is 15.4. The van der Waals surface area contributed by atoms with Crippen LogP contribution in [0.15, 0.2) is 48.0 Å². The molecule has 5 heteroatoms. The van der Waals surface area contributed by atoms with E-state index >= 15 is 0 Å². The van der Waals surface area contributed by atoms with Gasteiger partial charge in [0, 0.05) is 12.2 Å². The maximum Gasteiger partial charge on any atom is 0.336 e. The van der Waals surface area contributed by atoms with Crippen molar-refractivity contribution in [1.82, 2.24) is 4.98 Å². The Hall–Kier alpha value is -2.40. The van der Waals surface area contributed by atoms with Gasteiger partial charge in [0.1, 0.15) is 0 Å². The standard InChI is InChI=1S/C15H12N2O2S/c18-15(19)12-4-2-1-3-10(12)8-16-11-5-6-13-14(7-11)20-9-17-13/h1-7,9,16H,8H2,(H,18,19). The zero-order chi connectivity index (χ0) is 13.9. The van der Waals surface area contributed by atoms with Gasteiger partial charge < -0.3 is 10.4 Å². The zero-order valence-corrected chi connectivity index (χ0v) is 11.4. The highest BCUT2D eigenvalue weighted by atomic mass is 32.1. The monoisotopic (exact) mass is 284 g/mol. The van der Waals surface area contributed by atoms with Gasteiger partial charge in [0.2, 0.25) is 0 Å². The molecular formula is C15H12N2O2S. The van der Waals surface area contributed by atoms with E-state index in [9.17, 15) is 4.79 Å². The fourth-order valence-electron chi connectivity index (χ4n) is 2.05. The molecule has 0 atom stereocenters. The second kappa shape index (κ2) is 5.30. The molecule has 20 heavy (non-hydrogen) atoms. The van der Waals surface area contributed by atoms with Gasteiger partial charge in [0.05, 0.1) is 21.3 Å². The van der Waals surface area contributed by atoms with Crippen LogP contribution in [0, 0.1) is 0 Å². The fourth-order valence-corrected chi connectivity index (χ4v) is 2.76. The van der Waals surface area contributed by atoms with Crippen LogP contribution < -0.4 is 5.32 Å². The number of benzene rings is 2. The van der Waals surface area contributed by atoms with Gasteiger partial charge in [-0.25, -0.2) is 9.78 Å². The topological polar surface area (TPSA) is 62.2 Å². The maximum absolute atomic E-state index is 11.1. The number of thiazole rings is 1. The first-order chi connectivity index (χ1) is 9.74. The van der Waals surface area contributed by atoms with Gasteiger partial charge >= 0.3 is 5.97 Å². The van der Waals surface area contributed by atoms with E-state index in [1.165, 1.54) is 0 Å². The molecule has 0 fully saturated rings. The molecule has 2 aromatic carbocycles. The first kappa shape index (κ1) is 12.6. The van der Waals surface area contributed by atoms with Crippen LogP contribution in [0.25, 0.3) is 10.2 Å². The molecule has 0 aliphatic heterocycles. The Morgan fingerprint density at radius 1 is 1.25 bits per heavy atom. The van der Waals surface area contributed by atoms with Gasteiger partial charge in [-0.1, -0.05) is 18.2 Å². The molecule has 0 aliphatic carbocycles. The summed E-state index contributed by atoms with van der Waals surface area (Å²) in [6.45, 7) is 0.479. The summed E-state index contributed by atoms with van der Waals surface area (Å²) in [5, 5.41) is 12.4. The normalized spacial score (nSPS) is 10.6. The number of carboxylic acids is 1. The number of anilines is 1. The highest BCUT2D eigenvalue weighted by Gasteiger charge is 2.08. The van der Waals surface area contributed by atoms with Crippen molar-refractivity contribution in [1.29, 1.82) is 0 Å². The molecule has 0 spiro atoms. The number of fused-ring (bicyclic) bond motifs is 1. The summed E-state index contributed by atoms with van der Waals surface area (Å²) in [6.07, 6.45) is 0. The molecule has 3 rings (SSSR count). The third-order valence-electron chi connectivity index (χ3n) is 3.06. The molecule has 0 saturated carbocycles. The number of aromatic nitrogens is 1. The number of carbonyl (C=O) groups is 1. The molecular weight excluding hydrogens is 272 g/mol. The van der Waals surface area contributed by atoms with Crippen molar-refractivity contribution in [2.75, 3.05) is 5.32 Å². The van der Waals surface area contributed by atoms with Crippen LogP contribution in [0.2, 0.25) is 0 Å². The van der Waals surface area contributed by atoms with Crippen LogP contribution in [0.1, 0.15) is 15.9 Å². The molecule has 3 aromatic rings. The predicted molar refractivity (Wildman–Crippen MR) is 80.3 cm³/mol. The van der Waals surface area contributed by atoms with Crippen molar-refractivity contribution in [3.05, 3.63) is 59.1 Å². The third kappa shape index (κ3) is 2.48. The average Bonchev–Trinajstić information content (AvgIpc) is 2.92. The molecule has 0 saturated heterocycles. The summed E-state index contributed by atoms with van der Waals surface area (Å²) in [6, 6.07) is 12.9. The van der Waals surface area contributed by atoms with E-state index in [0.717, 1.165) is 21.5 Å². The van der Waals surface area contributed by atoms with Crippen LogP contribution in [-0.2, 0) is 6.54 Å². The summed E-state index contributed by atoms with van der Waals surface area (Å²) < 4.78 is 1.11. The SMILES string of the molecule is O=C(O)c1ccccc1CNc1ccc2ncsc2c1. The number of nitrogens with one attached hydrogen (secondary N) is 1. The number of hydrogen-bond acceptors (Lipinski definition) is 4. The lowest BCUT2D eigenvalue weighted by Gasteiger charge is -2.09. The van der Waals surface area contributed by atoms with Crippen LogP contribution in [0.3, 0.4) is 0 Å². The number of aromatic carboxylic acids is 1. The molecule has 0 unspecified atom stereocenters. The van der Waals surface area contributed by atoms with Gasteiger partial charge in [-0.05, 0) is 29.8 Å². The van der Waals surface area contributed by atoms with Crippen LogP contribution in [0.5, 0.6) is 0 Å². The molecule has 2 N–H and O–H groups in total. The first-order valence-electron chi connectivity index (χ1n) is 6.12. The Morgan fingerprint density at radius 2 is 2.10 bits per heavy atom. The van der Waals surface area contributed by atoms with Crippen molar-refractivity contribution in [3.8, 4) is 0 Å². The number of nitrogens with zero attached hydrogens (tertiary/aromatic N) is 1. The number of rotatable bonds is 4. The minimum absolute atomic E-state index is 0.332. The van der Waals surface area contributed by atoms with E-state index < -0.39 is 5.97 Å². The van der Waals surface area contributed by atoms with Gasteiger partial charge in [0.15, 0.2) is 0 Å². The second-order valence-corrected chi connectivity index (χ2v) is 5.24. The molecule has 100 valence electrons. The molecule has 4 nitrogen and oxygen atoms in total. The van der Waals surface area contributed by atoms with Gasteiger partial charge in [-0.2, -0.15) is 0 Å². The fraction of sp³-hybridized carbons (Fsp3) is 0.0667. The lowest BCUT2D eigenvalue weighted by Crippen LogP contribution is -2.06. The van der Waals surface area contributed by atoms with Gasteiger partial charge in [-0.3, -0.25) is 0 Å². The van der Waals surface area contributed by atoms with Crippen LogP contribution in [-0.4, -0.2) is 16.1 Å². The minimum Gasteiger partial charge on any atom is -0.478 e. The van der Waals surface area contributed by atoms with Crippen molar-refractivity contribution < 1.29 is 9.90 Å². The zero-order valence-electron chi connectivity index (χ0n) is 10.5. The Morgan fingerprint density at radius 3 is 2.95 bits per heavy atom. The van der Waals surface area contributed by atoms with E-state index in [-0.39, 0.29) is 0 Å². The number of hydrogen-bond donors (Lipinski definition) is 2. The molecule has 1 heterocycles. The molecule has 0 amide bonds. The predicted octanol–water partition coefficient (Wildman–Crippen LogP) is 3.61. The van der Waals surface area contributed by atoms with E-state index in [2.05, 4.69) is 10.3 Å². The Bertz CT molecular complexity index is 767. The maximum atomic E-state index is 11.1. The number of carboxylic acid groups (broad SMARTS) is 1. The van der Waals surface area contributed by atoms with Crippen LogP contribution >= 0.6 is 11.3 Å². The molecule has 1 aromatic heterocycles. The highest BCUT2D eigenvalue weighted by Crippen LogP contribution is 2.22. The highest BCUT2D eigenvalue weighted by molar-refractivity contribution is 7.16. The quantitative estimate of drug-likeness (QED) is 0.768. The molecule has 0 aliphatic rings. The second-order valence-electron chi connectivity index (χ2n) is 4.35. The smallest absolute Gasteiger partial charge is 0.336 e. The minimum atomic E-state index is -0.902. The lowest BCUT2D eigenvalue weighted by molar-refractivity contribution is 0.0696. The van der Waals surface area contributed by atoms with Gasteiger partial charge in [0.25, 0.3) is 0 Å². The van der Waals surface area contributed by atoms with Crippen LogP contribution in [0.4, 0.5) is 5.69 Å². The summed E-state index contributed by atoms with van der Waals surface area (Å²) in [5.41, 5.74) is 4.85. The summed E-state index contributed by atoms with van der Waals surface area (Å²) in [5.74, 6) is -0.902. The first-order valence-corrected chi connectivity index (χ1v) is 7.00. The largest absolute Gasteiger partial charge is 0.478 e. The summed E-state index contributed by atoms with van der Waals surface area (Å²) >= 11 is 1.59. The van der Waals surface area contributed by atoms with E-state index in [0.29, 0.717) is 12.1 Å². The van der Waals surface area contributed by atoms with Gasteiger partial charge in [-0.15, -0.1) is 11.3 Å². The van der Waals surface area contributed by atoms with E-state index in [1.807, 2.05) is 35.8 Å². The Labute approximate surface area is 119 Å². The van der Waals surface area contributed by atoms with E-state index in [4.69, 9.17) is 5.11 Å². The Kier molecular flexibility index (Phi) is 3.35. The van der Waals surface area contributed by atoms with E-state index in [1.54, 1.807) is 23.5 Å². The van der Waals surface area contributed by atoms with Crippen molar-refractivity contribution >= 4 is 33.2 Å². The van der Waals surface area contributed by atoms with Crippen molar-refractivity contribution in [3.63, 3.8) is 0 Å². The van der Waals surface area contributed by atoms with Crippen molar-refractivity contribution in [2.45, 2.75) is 6.54 Å². The third-order valence-corrected chi connectivity index (χ3v) is 3.85. The lowest BCUT2D eigenvalue weighted by atomic mass is 10.1. The molecule has 0 bridgehead atoms. The Balaban J connectivity index is 1.80. The molecule has 0 radical (unpaired) electrons.